The lowest BCUT2D eigenvalue weighted by molar-refractivity contribution is -0.122. The summed E-state index contributed by atoms with van der Waals surface area (Å²) in [4.78, 5) is 30.1. The molecule has 1 N–H and O–H groups in total. The van der Waals surface area contributed by atoms with Gasteiger partial charge in [-0.15, -0.1) is 0 Å². The molecule has 2 heterocycles. The first-order chi connectivity index (χ1) is 20.4. The zero-order valence-corrected chi connectivity index (χ0v) is 25.8. The number of rotatable bonds is 10. The number of amides is 2. The van der Waals surface area contributed by atoms with Crippen LogP contribution in [0.5, 0.6) is 5.75 Å². The number of carbonyl (C=O) groups is 2. The number of nitrogens with one attached hydrogen (secondary N) is 1. The third-order valence-electron chi connectivity index (χ3n) is 6.80. The van der Waals surface area contributed by atoms with Gasteiger partial charge >= 0.3 is 0 Å². The number of nitrogens with zero attached hydrogens (tertiary/aromatic N) is 2. The molecule has 0 aliphatic carbocycles. The van der Waals surface area contributed by atoms with Gasteiger partial charge in [0.25, 0.3) is 5.91 Å². The summed E-state index contributed by atoms with van der Waals surface area (Å²) in [6.07, 6.45) is 1.91. The van der Waals surface area contributed by atoms with Gasteiger partial charge in [-0.3, -0.25) is 19.4 Å². The van der Waals surface area contributed by atoms with E-state index in [1.54, 1.807) is 18.2 Å². The van der Waals surface area contributed by atoms with Crippen LogP contribution >= 0.6 is 47.2 Å². The van der Waals surface area contributed by atoms with Crippen LogP contribution in [0.1, 0.15) is 12.0 Å². The van der Waals surface area contributed by atoms with Crippen LogP contribution in [0.4, 0.5) is 5.69 Å². The third-order valence-corrected chi connectivity index (χ3v) is 8.73. The first kappa shape index (κ1) is 30.5. The molecule has 2 aliphatic rings. The lowest BCUT2D eigenvalue weighted by Gasteiger charge is -2.26. The maximum absolute atomic E-state index is 13.4. The van der Waals surface area contributed by atoms with E-state index in [1.807, 2.05) is 54.6 Å². The van der Waals surface area contributed by atoms with Crippen LogP contribution in [0.3, 0.4) is 0 Å². The number of carbonyl (C=O) groups excluding carboxylic acids is 2. The molecule has 5 rings (SSSR count). The Kier molecular flexibility index (Phi) is 10.5. The Bertz CT molecular complexity index is 1500. The number of hydrogen-bond acceptors (Lipinski definition) is 7. The SMILES string of the molecule is O=C(CCN1C(=O)/C(=C/c2cc(-c3ccc(Cl)cc3Cl)ccc2OCCN2CCOCC2)SC1=S)Nc1ccccc1. The van der Waals surface area contributed by atoms with Crippen LogP contribution in [0.2, 0.25) is 10.0 Å². The van der Waals surface area contributed by atoms with Gasteiger partial charge in [-0.25, -0.2) is 0 Å². The molecule has 7 nitrogen and oxygen atoms in total. The van der Waals surface area contributed by atoms with Crippen LogP contribution in [0.25, 0.3) is 17.2 Å². The van der Waals surface area contributed by atoms with Crippen molar-refractivity contribution in [2.24, 2.45) is 0 Å². The summed E-state index contributed by atoms with van der Waals surface area (Å²) in [6.45, 7) is 4.62. The van der Waals surface area contributed by atoms with Crippen LogP contribution in [0.15, 0.2) is 71.6 Å². The van der Waals surface area contributed by atoms with Gasteiger partial charge < -0.3 is 14.8 Å². The number of anilines is 1. The van der Waals surface area contributed by atoms with Crippen LogP contribution in [-0.2, 0) is 14.3 Å². The predicted molar refractivity (Wildman–Crippen MR) is 174 cm³/mol. The van der Waals surface area contributed by atoms with Crippen molar-refractivity contribution in [1.29, 1.82) is 0 Å². The molecule has 11 heteroatoms. The number of hydrogen-bond donors (Lipinski definition) is 1. The molecule has 2 fully saturated rings. The number of halogens is 2. The third kappa shape index (κ3) is 7.92. The zero-order chi connectivity index (χ0) is 29.5. The molecular formula is C31H29Cl2N3O4S2. The number of thioether (sulfide) groups is 1. The van der Waals surface area contributed by atoms with E-state index in [9.17, 15) is 9.59 Å². The van der Waals surface area contributed by atoms with E-state index < -0.39 is 0 Å². The fourth-order valence-electron chi connectivity index (χ4n) is 4.59. The quantitative estimate of drug-likeness (QED) is 0.197. The number of morpholine rings is 1. The van der Waals surface area contributed by atoms with E-state index in [2.05, 4.69) is 10.2 Å². The minimum absolute atomic E-state index is 0.120. The fourth-order valence-corrected chi connectivity index (χ4v) is 6.40. The van der Waals surface area contributed by atoms with Crippen molar-refractivity contribution in [2.75, 3.05) is 51.3 Å². The van der Waals surface area contributed by atoms with Crippen molar-refractivity contribution in [3.63, 3.8) is 0 Å². The standard InChI is InChI=1S/C31H29Cl2N3O4S2/c32-23-7-8-25(26(33)20-23)21-6-9-27(40-17-14-35-12-15-39-16-13-35)22(18-21)19-28-30(38)36(31(41)42-28)11-10-29(37)34-24-4-2-1-3-5-24/h1-9,18-20H,10-17H2,(H,34,37)/b28-19-. The van der Waals surface area contributed by atoms with Gasteiger partial charge in [0.05, 0.1) is 18.1 Å². The van der Waals surface area contributed by atoms with E-state index in [0.717, 1.165) is 49.5 Å². The fraction of sp³-hybridized carbons (Fsp3) is 0.258. The normalized spacial score (nSPS) is 16.7. The Labute approximate surface area is 264 Å². The molecule has 0 aromatic heterocycles. The van der Waals surface area contributed by atoms with Crippen molar-refractivity contribution in [3.8, 4) is 16.9 Å². The highest BCUT2D eigenvalue weighted by Gasteiger charge is 2.32. The first-order valence-corrected chi connectivity index (χ1v) is 15.5. The van der Waals surface area contributed by atoms with Gasteiger partial charge in [-0.2, -0.15) is 0 Å². The molecule has 2 aliphatic heterocycles. The van der Waals surface area contributed by atoms with Crippen molar-refractivity contribution in [3.05, 3.63) is 87.2 Å². The molecule has 0 bridgehead atoms. The average Bonchev–Trinajstić information content (AvgIpc) is 3.25. The van der Waals surface area contributed by atoms with E-state index in [0.29, 0.717) is 37.3 Å². The van der Waals surface area contributed by atoms with E-state index in [4.69, 9.17) is 44.9 Å². The second kappa shape index (κ2) is 14.5. The summed E-state index contributed by atoms with van der Waals surface area (Å²) in [6, 6.07) is 20.3. The Morgan fingerprint density at radius 2 is 1.83 bits per heavy atom. The first-order valence-electron chi connectivity index (χ1n) is 13.5. The number of benzene rings is 3. The molecule has 3 aromatic rings. The summed E-state index contributed by atoms with van der Waals surface area (Å²) >= 11 is 19.4. The summed E-state index contributed by atoms with van der Waals surface area (Å²) < 4.78 is 12.1. The summed E-state index contributed by atoms with van der Waals surface area (Å²) in [7, 11) is 0. The molecule has 0 saturated carbocycles. The van der Waals surface area contributed by atoms with Gasteiger partial charge in [-0.1, -0.05) is 77.5 Å². The highest BCUT2D eigenvalue weighted by atomic mass is 35.5. The van der Waals surface area contributed by atoms with Crippen molar-refractivity contribution < 1.29 is 19.1 Å². The maximum atomic E-state index is 13.4. The van der Waals surface area contributed by atoms with E-state index in [1.165, 1.54) is 16.7 Å². The highest BCUT2D eigenvalue weighted by molar-refractivity contribution is 8.26. The van der Waals surface area contributed by atoms with E-state index in [-0.39, 0.29) is 24.8 Å². The Morgan fingerprint density at radius 1 is 1.05 bits per heavy atom. The largest absolute Gasteiger partial charge is 0.492 e. The summed E-state index contributed by atoms with van der Waals surface area (Å²) in [5.41, 5.74) is 3.10. The van der Waals surface area contributed by atoms with E-state index >= 15 is 0 Å². The minimum Gasteiger partial charge on any atom is -0.492 e. The number of para-hydroxylation sites is 1. The Hall–Kier alpha value is -2.92. The molecule has 42 heavy (non-hydrogen) atoms. The van der Waals surface area contributed by atoms with Crippen molar-refractivity contribution in [1.82, 2.24) is 9.80 Å². The second-order valence-electron chi connectivity index (χ2n) is 9.68. The molecule has 0 atom stereocenters. The lowest BCUT2D eigenvalue weighted by Crippen LogP contribution is -2.38. The van der Waals surface area contributed by atoms with Gasteiger partial charge in [0.15, 0.2) is 0 Å². The molecule has 218 valence electrons. The van der Waals surface area contributed by atoms with Gasteiger partial charge in [0.1, 0.15) is 16.7 Å². The minimum atomic E-state index is -0.244. The molecule has 0 radical (unpaired) electrons. The summed E-state index contributed by atoms with van der Waals surface area (Å²) in [5, 5.41) is 3.91. The highest BCUT2D eigenvalue weighted by Crippen LogP contribution is 2.37. The Balaban J connectivity index is 1.33. The average molecular weight is 643 g/mol. The summed E-state index contributed by atoms with van der Waals surface area (Å²) in [5.74, 6) is 0.207. The Morgan fingerprint density at radius 3 is 2.60 bits per heavy atom. The second-order valence-corrected chi connectivity index (χ2v) is 12.2. The molecular weight excluding hydrogens is 613 g/mol. The van der Waals surface area contributed by atoms with Gasteiger partial charge in [0.2, 0.25) is 5.91 Å². The van der Waals surface area contributed by atoms with Crippen LogP contribution in [0, 0.1) is 0 Å². The lowest BCUT2D eigenvalue weighted by atomic mass is 10.0. The van der Waals surface area contributed by atoms with Crippen LogP contribution in [-0.4, -0.2) is 71.9 Å². The van der Waals surface area contributed by atoms with Crippen LogP contribution < -0.4 is 10.1 Å². The molecule has 2 saturated heterocycles. The molecule has 3 aromatic carbocycles. The zero-order valence-electron chi connectivity index (χ0n) is 22.7. The molecule has 2 amide bonds. The number of thiocarbonyl (C=S) groups is 1. The van der Waals surface area contributed by atoms with Gasteiger partial charge in [-0.05, 0) is 48.0 Å². The predicted octanol–water partition coefficient (Wildman–Crippen LogP) is 6.60. The monoisotopic (exact) mass is 641 g/mol. The van der Waals surface area contributed by atoms with Crippen molar-refractivity contribution in [2.45, 2.75) is 6.42 Å². The molecule has 0 spiro atoms. The van der Waals surface area contributed by atoms with Crippen molar-refractivity contribution >= 4 is 75.1 Å². The number of ether oxygens (including phenoxy) is 2. The maximum Gasteiger partial charge on any atom is 0.266 e. The van der Waals surface area contributed by atoms with Gasteiger partial charge in [0, 0.05) is 59.5 Å². The smallest absolute Gasteiger partial charge is 0.266 e. The topological polar surface area (TPSA) is 71.1 Å². The molecule has 0 unspecified atom stereocenters.